The normalized spacial score (nSPS) is 16.9. The molecule has 1 N–H and O–H groups in total. The van der Waals surface area contributed by atoms with Gasteiger partial charge in [0.15, 0.2) is 0 Å². The molecule has 0 aromatic rings. The Morgan fingerprint density at radius 1 is 1.33 bits per heavy atom. The van der Waals surface area contributed by atoms with Gasteiger partial charge in [-0.05, 0) is 45.7 Å². The van der Waals surface area contributed by atoms with E-state index in [0.717, 1.165) is 43.2 Å². The molecule has 0 atom stereocenters. The van der Waals surface area contributed by atoms with Gasteiger partial charge in [0.05, 0.1) is 12.3 Å². The first-order valence-electron chi connectivity index (χ1n) is 7.27. The van der Waals surface area contributed by atoms with Gasteiger partial charge in [-0.2, -0.15) is 4.31 Å². The highest BCUT2D eigenvalue weighted by Crippen LogP contribution is 2.20. The predicted molar refractivity (Wildman–Crippen MR) is 87.2 cm³/mol. The van der Waals surface area contributed by atoms with E-state index in [1.807, 2.05) is 7.05 Å². The van der Waals surface area contributed by atoms with E-state index < -0.39 is 10.0 Å². The molecular formula is C13H28ClN3O3S. The van der Waals surface area contributed by atoms with Gasteiger partial charge in [-0.15, -0.1) is 12.4 Å². The zero-order valence-corrected chi connectivity index (χ0v) is 14.8. The largest absolute Gasteiger partial charge is 0.342 e. The van der Waals surface area contributed by atoms with E-state index in [1.165, 1.54) is 7.05 Å². The zero-order valence-electron chi connectivity index (χ0n) is 13.2. The number of nitrogens with one attached hydrogen (secondary N) is 1. The number of hydrogen-bond acceptors (Lipinski definition) is 4. The molecule has 1 rings (SSSR count). The predicted octanol–water partition coefficient (Wildman–Crippen LogP) is 0.538. The van der Waals surface area contributed by atoms with E-state index in [2.05, 4.69) is 5.32 Å². The summed E-state index contributed by atoms with van der Waals surface area (Å²) in [5.41, 5.74) is 0. The molecule has 1 fully saturated rings. The lowest BCUT2D eigenvalue weighted by molar-refractivity contribution is -0.132. The van der Waals surface area contributed by atoms with Gasteiger partial charge in [0, 0.05) is 20.1 Å². The summed E-state index contributed by atoms with van der Waals surface area (Å²) >= 11 is 0. The van der Waals surface area contributed by atoms with Crippen LogP contribution in [0.25, 0.3) is 0 Å². The third-order valence-electron chi connectivity index (χ3n) is 3.97. The summed E-state index contributed by atoms with van der Waals surface area (Å²) < 4.78 is 24.4. The summed E-state index contributed by atoms with van der Waals surface area (Å²) in [7, 11) is 0.139. The average molecular weight is 342 g/mol. The van der Waals surface area contributed by atoms with Crippen LogP contribution in [-0.4, -0.2) is 69.6 Å². The first-order chi connectivity index (χ1) is 9.40. The summed E-state index contributed by atoms with van der Waals surface area (Å²) in [6.45, 7) is 4.04. The molecule has 1 aliphatic rings. The van der Waals surface area contributed by atoms with E-state index in [0.29, 0.717) is 5.92 Å². The van der Waals surface area contributed by atoms with Gasteiger partial charge < -0.3 is 10.2 Å². The van der Waals surface area contributed by atoms with Crippen molar-refractivity contribution in [3.63, 3.8) is 0 Å². The van der Waals surface area contributed by atoms with Crippen LogP contribution in [0.1, 0.15) is 26.2 Å². The van der Waals surface area contributed by atoms with E-state index in [1.54, 1.807) is 11.8 Å². The highest BCUT2D eigenvalue weighted by atomic mass is 35.5. The van der Waals surface area contributed by atoms with Crippen LogP contribution in [0, 0.1) is 5.92 Å². The number of hydrogen-bond donors (Lipinski definition) is 1. The van der Waals surface area contributed by atoms with Crippen molar-refractivity contribution >= 4 is 28.3 Å². The maximum atomic E-state index is 12.1. The van der Waals surface area contributed by atoms with Gasteiger partial charge in [-0.1, -0.05) is 0 Å². The van der Waals surface area contributed by atoms with Crippen LogP contribution in [-0.2, 0) is 14.8 Å². The second-order valence-corrected chi connectivity index (χ2v) is 7.74. The number of likely N-dealkylation sites (tertiary alicyclic amines) is 1. The number of amides is 1. The number of sulfonamides is 1. The van der Waals surface area contributed by atoms with Crippen molar-refractivity contribution in [2.75, 3.05) is 46.0 Å². The van der Waals surface area contributed by atoms with Crippen LogP contribution in [0.5, 0.6) is 0 Å². The fourth-order valence-electron chi connectivity index (χ4n) is 2.43. The molecule has 0 aliphatic carbocycles. The number of carbonyl (C=O) groups is 1. The average Bonchev–Trinajstić information content (AvgIpc) is 2.45. The molecule has 126 valence electrons. The van der Waals surface area contributed by atoms with E-state index in [9.17, 15) is 13.2 Å². The van der Waals surface area contributed by atoms with Gasteiger partial charge in [-0.3, -0.25) is 4.79 Å². The highest BCUT2D eigenvalue weighted by molar-refractivity contribution is 7.89. The fraction of sp³-hybridized carbons (Fsp3) is 0.923. The lowest BCUT2D eigenvalue weighted by atomic mass is 9.93. The molecule has 8 heteroatoms. The summed E-state index contributed by atoms with van der Waals surface area (Å²) in [5, 5.41) is 3.14. The molecular weight excluding hydrogens is 314 g/mol. The molecule has 1 heterocycles. The second kappa shape index (κ2) is 9.61. The molecule has 1 amide bonds. The number of nitrogens with zero attached hydrogens (tertiary/aromatic N) is 2. The third kappa shape index (κ3) is 6.50. The smallest absolute Gasteiger partial charge is 0.237 e. The zero-order chi connectivity index (χ0) is 15.2. The molecule has 0 unspecified atom stereocenters. The number of likely N-dealkylation sites (N-methyl/N-ethyl adjacent to an activating group) is 1. The Hall–Kier alpha value is -0.370. The summed E-state index contributed by atoms with van der Waals surface area (Å²) in [5.74, 6) is 0.614. The van der Waals surface area contributed by atoms with Crippen LogP contribution in [0.3, 0.4) is 0 Å². The number of piperidine rings is 1. The Morgan fingerprint density at radius 2 is 1.90 bits per heavy atom. The Kier molecular flexibility index (Phi) is 9.44. The van der Waals surface area contributed by atoms with Crippen molar-refractivity contribution in [2.24, 2.45) is 5.92 Å². The van der Waals surface area contributed by atoms with Gasteiger partial charge in [-0.25, -0.2) is 8.42 Å². The molecule has 0 spiro atoms. The Labute approximate surface area is 134 Å². The van der Waals surface area contributed by atoms with E-state index >= 15 is 0 Å². The lowest BCUT2D eigenvalue weighted by Crippen LogP contribution is -2.45. The van der Waals surface area contributed by atoms with Crippen molar-refractivity contribution in [3.8, 4) is 0 Å². The lowest BCUT2D eigenvalue weighted by Gasteiger charge is -2.33. The van der Waals surface area contributed by atoms with E-state index in [-0.39, 0.29) is 30.6 Å². The maximum absolute atomic E-state index is 12.1. The minimum atomic E-state index is -3.28. The molecule has 1 aliphatic heterocycles. The first kappa shape index (κ1) is 20.6. The maximum Gasteiger partial charge on any atom is 0.237 e. The quantitative estimate of drug-likeness (QED) is 0.733. The van der Waals surface area contributed by atoms with Crippen molar-refractivity contribution in [1.82, 2.24) is 14.5 Å². The van der Waals surface area contributed by atoms with Crippen LogP contribution in [0.4, 0.5) is 0 Å². The van der Waals surface area contributed by atoms with Crippen LogP contribution >= 0.6 is 12.4 Å². The van der Waals surface area contributed by atoms with Crippen LogP contribution < -0.4 is 5.32 Å². The topological polar surface area (TPSA) is 69.7 Å². The molecule has 0 saturated carbocycles. The number of rotatable bonds is 7. The van der Waals surface area contributed by atoms with Crippen LogP contribution in [0.2, 0.25) is 0 Å². The van der Waals surface area contributed by atoms with Gasteiger partial charge in [0.1, 0.15) is 0 Å². The van der Waals surface area contributed by atoms with Gasteiger partial charge in [0.2, 0.25) is 15.9 Å². The highest BCUT2D eigenvalue weighted by Gasteiger charge is 2.25. The first-order valence-corrected chi connectivity index (χ1v) is 8.88. The summed E-state index contributed by atoms with van der Waals surface area (Å²) in [6, 6.07) is 0. The summed E-state index contributed by atoms with van der Waals surface area (Å²) in [4.78, 5) is 13.9. The molecule has 1 saturated heterocycles. The molecule has 0 radical (unpaired) electrons. The second-order valence-electron chi connectivity index (χ2n) is 5.37. The fourth-order valence-corrected chi connectivity index (χ4v) is 3.18. The Balaban J connectivity index is 0.00000400. The van der Waals surface area contributed by atoms with Gasteiger partial charge in [0.25, 0.3) is 0 Å². The number of halogens is 1. The SMILES string of the molecule is CCS(=O)(=O)N(C)CC(=O)N1CCC(CCNC)CC1.Cl. The molecule has 0 bridgehead atoms. The summed E-state index contributed by atoms with van der Waals surface area (Å²) in [6.07, 6.45) is 3.16. The third-order valence-corrected chi connectivity index (χ3v) is 5.78. The van der Waals surface area contributed by atoms with Crippen molar-refractivity contribution in [1.29, 1.82) is 0 Å². The minimum Gasteiger partial charge on any atom is -0.342 e. The molecule has 6 nitrogen and oxygen atoms in total. The Bertz CT molecular complexity index is 409. The van der Waals surface area contributed by atoms with Crippen LogP contribution in [0.15, 0.2) is 0 Å². The van der Waals surface area contributed by atoms with Crippen molar-refractivity contribution in [2.45, 2.75) is 26.2 Å². The molecule has 21 heavy (non-hydrogen) atoms. The minimum absolute atomic E-state index is 0. The van der Waals surface area contributed by atoms with Gasteiger partial charge >= 0.3 is 0 Å². The molecule has 0 aromatic carbocycles. The van der Waals surface area contributed by atoms with Crippen molar-refractivity contribution < 1.29 is 13.2 Å². The Morgan fingerprint density at radius 3 is 2.38 bits per heavy atom. The number of carbonyl (C=O) groups excluding carboxylic acids is 1. The van der Waals surface area contributed by atoms with Crippen molar-refractivity contribution in [3.05, 3.63) is 0 Å². The van der Waals surface area contributed by atoms with E-state index in [4.69, 9.17) is 0 Å². The molecule has 0 aromatic heterocycles. The monoisotopic (exact) mass is 341 g/mol. The standard InChI is InChI=1S/C13H27N3O3S.ClH/c1-4-20(18,19)15(3)11-13(17)16-9-6-12(7-10-16)5-8-14-2;/h12,14H,4-11H2,1-3H3;1H.